The van der Waals surface area contributed by atoms with E-state index in [1.54, 1.807) is 25.4 Å². The number of nitrogens with zero attached hydrogens (tertiary/aromatic N) is 4. The molecule has 11 heteroatoms. The Morgan fingerprint density at radius 2 is 1.84 bits per heavy atom. The summed E-state index contributed by atoms with van der Waals surface area (Å²) in [6.45, 7) is 4.79. The average Bonchev–Trinajstić information content (AvgIpc) is 3.27. The molecule has 1 aliphatic heterocycles. The molecule has 31 heavy (non-hydrogen) atoms. The summed E-state index contributed by atoms with van der Waals surface area (Å²) in [6.07, 6.45) is 1.59. The van der Waals surface area contributed by atoms with E-state index >= 15 is 0 Å². The number of benzene rings is 1. The third kappa shape index (κ3) is 7.51. The lowest BCUT2D eigenvalue weighted by molar-refractivity contribution is -0.117. The molecule has 1 aromatic heterocycles. The fraction of sp³-hybridized carbons (Fsp3) is 0.400. The van der Waals surface area contributed by atoms with E-state index in [9.17, 15) is 9.59 Å². The van der Waals surface area contributed by atoms with Crippen LogP contribution in [-0.4, -0.2) is 72.5 Å². The van der Waals surface area contributed by atoms with Gasteiger partial charge in [0.05, 0.1) is 12.2 Å². The molecule has 10 nitrogen and oxygen atoms in total. The first-order valence-corrected chi connectivity index (χ1v) is 9.78. The summed E-state index contributed by atoms with van der Waals surface area (Å²) >= 11 is 0. The van der Waals surface area contributed by atoms with E-state index in [0.29, 0.717) is 12.1 Å². The van der Waals surface area contributed by atoms with Crippen LogP contribution >= 0.6 is 24.0 Å². The van der Waals surface area contributed by atoms with Gasteiger partial charge in [-0.3, -0.25) is 19.5 Å². The van der Waals surface area contributed by atoms with Crippen molar-refractivity contribution >= 4 is 41.8 Å². The molecule has 1 fully saturated rings. The molecule has 4 N–H and O–H groups in total. The number of hydrogen-bond donors (Lipinski definition) is 3. The number of carbonyl (C=O) groups excluding carboxylic acids is 2. The third-order valence-electron chi connectivity index (χ3n) is 4.85. The van der Waals surface area contributed by atoms with Crippen LogP contribution in [-0.2, 0) is 17.9 Å². The van der Waals surface area contributed by atoms with Crippen LogP contribution in [0, 0.1) is 0 Å². The Balaban J connectivity index is 0.00000341. The molecule has 168 valence electrons. The maximum Gasteiger partial charge on any atom is 0.251 e. The largest absolute Gasteiger partial charge is 0.368 e. The maximum absolute atomic E-state index is 11.9. The monoisotopic (exact) mass is 541 g/mol. The minimum atomic E-state index is -0.575. The predicted molar refractivity (Wildman–Crippen MR) is 127 cm³/mol. The molecular formula is C20H28IN7O3. The standard InChI is InChI=1S/C20H27N7O3.HI/c1-22-20(27-9-7-26(8-10-27)14-17-6-11-30-25-17)24-12-15-2-4-16(5-3-15)19(29)23-13-18(21)28;/h2-6,11H,7-10,12-14H2,1H3,(H2,21,28)(H,22,24)(H,23,29);1H. The van der Waals surface area contributed by atoms with Gasteiger partial charge in [0.25, 0.3) is 5.91 Å². The SMILES string of the molecule is CN=C(NCc1ccc(C(=O)NCC(N)=O)cc1)N1CCN(Cc2ccon2)CC1.I. The summed E-state index contributed by atoms with van der Waals surface area (Å²) in [5.41, 5.74) is 7.48. The Kier molecular flexibility index (Phi) is 9.72. The fourth-order valence-corrected chi connectivity index (χ4v) is 3.22. The van der Waals surface area contributed by atoms with Gasteiger partial charge >= 0.3 is 0 Å². The quantitative estimate of drug-likeness (QED) is 0.263. The number of guanidine groups is 1. The van der Waals surface area contributed by atoms with Crippen LogP contribution in [0.1, 0.15) is 21.6 Å². The highest BCUT2D eigenvalue weighted by Gasteiger charge is 2.20. The molecule has 3 rings (SSSR count). The Morgan fingerprint density at radius 1 is 1.13 bits per heavy atom. The second-order valence-corrected chi connectivity index (χ2v) is 7.00. The highest BCUT2D eigenvalue weighted by molar-refractivity contribution is 14.0. The highest BCUT2D eigenvalue weighted by Crippen LogP contribution is 2.08. The molecule has 0 radical (unpaired) electrons. The number of rotatable bonds is 7. The van der Waals surface area contributed by atoms with E-state index in [4.69, 9.17) is 10.3 Å². The van der Waals surface area contributed by atoms with Gasteiger partial charge in [-0.1, -0.05) is 17.3 Å². The van der Waals surface area contributed by atoms with E-state index in [0.717, 1.165) is 49.9 Å². The van der Waals surface area contributed by atoms with Crippen molar-refractivity contribution in [2.75, 3.05) is 39.8 Å². The predicted octanol–water partition coefficient (Wildman–Crippen LogP) is 0.401. The summed E-state index contributed by atoms with van der Waals surface area (Å²) in [4.78, 5) is 31.6. The van der Waals surface area contributed by atoms with Crippen molar-refractivity contribution in [3.05, 3.63) is 53.4 Å². The number of aliphatic imine (C=N–C) groups is 1. The van der Waals surface area contributed by atoms with E-state index in [1.807, 2.05) is 18.2 Å². The number of halogens is 1. The smallest absolute Gasteiger partial charge is 0.251 e. The van der Waals surface area contributed by atoms with Gasteiger partial charge in [0, 0.05) is 57.9 Å². The molecule has 2 amide bonds. The van der Waals surface area contributed by atoms with Crippen LogP contribution in [0.4, 0.5) is 0 Å². The zero-order valence-electron chi connectivity index (χ0n) is 17.4. The van der Waals surface area contributed by atoms with Gasteiger partial charge in [0.2, 0.25) is 5.91 Å². The number of primary amides is 1. The van der Waals surface area contributed by atoms with E-state index in [2.05, 4.69) is 30.6 Å². The van der Waals surface area contributed by atoms with Gasteiger partial charge in [-0.15, -0.1) is 24.0 Å². The molecule has 2 heterocycles. The number of amides is 2. The normalized spacial score (nSPS) is 14.6. The lowest BCUT2D eigenvalue weighted by Gasteiger charge is -2.36. The lowest BCUT2D eigenvalue weighted by Crippen LogP contribution is -2.52. The summed E-state index contributed by atoms with van der Waals surface area (Å²) in [5.74, 6) is -0.0542. The van der Waals surface area contributed by atoms with Crippen LogP contribution < -0.4 is 16.4 Å². The van der Waals surface area contributed by atoms with Crippen molar-refractivity contribution < 1.29 is 14.1 Å². The molecule has 0 unspecified atom stereocenters. The molecule has 0 atom stereocenters. The molecular weight excluding hydrogens is 513 g/mol. The summed E-state index contributed by atoms with van der Waals surface area (Å²) < 4.78 is 4.89. The Bertz CT molecular complexity index is 863. The van der Waals surface area contributed by atoms with Gasteiger partial charge in [-0.25, -0.2) is 0 Å². The van der Waals surface area contributed by atoms with Crippen LogP contribution in [0.2, 0.25) is 0 Å². The molecule has 0 aliphatic carbocycles. The first-order chi connectivity index (χ1) is 14.5. The van der Waals surface area contributed by atoms with Gasteiger partial charge in [-0.05, 0) is 17.7 Å². The van der Waals surface area contributed by atoms with Crippen LogP contribution in [0.3, 0.4) is 0 Å². The number of aromatic nitrogens is 1. The Hall–Kier alpha value is -2.67. The summed E-state index contributed by atoms with van der Waals surface area (Å²) in [5, 5.41) is 9.81. The molecule has 0 bridgehead atoms. The van der Waals surface area contributed by atoms with Crippen LogP contribution in [0.25, 0.3) is 0 Å². The zero-order valence-corrected chi connectivity index (χ0v) is 19.7. The topological polar surface area (TPSA) is 129 Å². The minimum absolute atomic E-state index is 0. The highest BCUT2D eigenvalue weighted by atomic mass is 127. The van der Waals surface area contributed by atoms with Crippen LogP contribution in [0.15, 0.2) is 46.1 Å². The first-order valence-electron chi connectivity index (χ1n) is 9.78. The van der Waals surface area contributed by atoms with E-state index in [-0.39, 0.29) is 36.4 Å². The fourth-order valence-electron chi connectivity index (χ4n) is 3.22. The van der Waals surface area contributed by atoms with E-state index in [1.165, 1.54) is 0 Å². The lowest BCUT2D eigenvalue weighted by atomic mass is 10.1. The number of piperazine rings is 1. The van der Waals surface area contributed by atoms with Gasteiger partial charge in [0.15, 0.2) is 5.96 Å². The zero-order chi connectivity index (χ0) is 21.3. The van der Waals surface area contributed by atoms with Crippen molar-refractivity contribution in [1.29, 1.82) is 0 Å². The Morgan fingerprint density at radius 3 is 2.42 bits per heavy atom. The molecule has 1 saturated heterocycles. The van der Waals surface area contributed by atoms with Gasteiger partial charge in [0.1, 0.15) is 6.26 Å². The van der Waals surface area contributed by atoms with Crippen molar-refractivity contribution in [2.24, 2.45) is 10.7 Å². The summed E-state index contributed by atoms with van der Waals surface area (Å²) in [7, 11) is 1.77. The third-order valence-corrected chi connectivity index (χ3v) is 4.85. The van der Waals surface area contributed by atoms with Gasteiger partial charge < -0.3 is 25.8 Å². The van der Waals surface area contributed by atoms with Crippen molar-refractivity contribution in [3.8, 4) is 0 Å². The number of nitrogens with two attached hydrogens (primary N) is 1. The van der Waals surface area contributed by atoms with Crippen molar-refractivity contribution in [1.82, 2.24) is 25.6 Å². The Labute approximate surface area is 198 Å². The summed E-state index contributed by atoms with van der Waals surface area (Å²) in [6, 6.07) is 9.07. The molecule has 0 spiro atoms. The molecule has 1 aliphatic rings. The number of nitrogens with one attached hydrogen (secondary N) is 2. The number of hydrogen-bond acceptors (Lipinski definition) is 6. The first kappa shape index (κ1) is 24.6. The van der Waals surface area contributed by atoms with Crippen LogP contribution in [0.5, 0.6) is 0 Å². The molecule has 2 aromatic rings. The molecule has 1 aromatic carbocycles. The van der Waals surface area contributed by atoms with Crippen molar-refractivity contribution in [2.45, 2.75) is 13.1 Å². The maximum atomic E-state index is 11.9. The second-order valence-electron chi connectivity index (χ2n) is 7.00. The van der Waals surface area contributed by atoms with Gasteiger partial charge in [-0.2, -0.15) is 0 Å². The van der Waals surface area contributed by atoms with E-state index < -0.39 is 5.91 Å². The number of carbonyl (C=O) groups is 2. The second kappa shape index (κ2) is 12.2. The van der Waals surface area contributed by atoms with Crippen molar-refractivity contribution in [3.63, 3.8) is 0 Å². The minimum Gasteiger partial charge on any atom is -0.368 e. The molecule has 0 saturated carbocycles. The average molecular weight is 541 g/mol.